The van der Waals surface area contributed by atoms with Crippen molar-refractivity contribution in [2.75, 3.05) is 18.0 Å². The normalized spacial score (nSPS) is 11.6. The standard InChI is InChI=1S/C14H27N3S/c1-6-12-13(7-15)18-14(16-12)17(8-10(2)3)9-11(4)5/h10-11H,6-9,15H2,1-5H3. The molecule has 0 aliphatic heterocycles. The summed E-state index contributed by atoms with van der Waals surface area (Å²) in [6.45, 7) is 13.9. The topological polar surface area (TPSA) is 42.2 Å². The van der Waals surface area contributed by atoms with Gasteiger partial charge >= 0.3 is 0 Å². The van der Waals surface area contributed by atoms with E-state index in [2.05, 4.69) is 39.5 Å². The Labute approximate surface area is 115 Å². The van der Waals surface area contributed by atoms with Crippen LogP contribution in [0.3, 0.4) is 0 Å². The summed E-state index contributed by atoms with van der Waals surface area (Å²) < 4.78 is 0. The maximum atomic E-state index is 5.79. The van der Waals surface area contributed by atoms with Crippen LogP contribution < -0.4 is 10.6 Å². The quantitative estimate of drug-likeness (QED) is 0.826. The molecular formula is C14H27N3S. The molecule has 104 valence electrons. The lowest BCUT2D eigenvalue weighted by atomic mass is 10.1. The lowest BCUT2D eigenvalue weighted by Crippen LogP contribution is -2.31. The van der Waals surface area contributed by atoms with Crippen molar-refractivity contribution in [3.8, 4) is 0 Å². The van der Waals surface area contributed by atoms with Gasteiger partial charge in [-0.15, -0.1) is 11.3 Å². The van der Waals surface area contributed by atoms with Gasteiger partial charge in [-0.05, 0) is 18.3 Å². The van der Waals surface area contributed by atoms with Crippen LogP contribution in [0.1, 0.15) is 45.2 Å². The molecule has 0 aromatic carbocycles. The highest BCUT2D eigenvalue weighted by Crippen LogP contribution is 2.27. The minimum absolute atomic E-state index is 0.609. The smallest absolute Gasteiger partial charge is 0.185 e. The van der Waals surface area contributed by atoms with Gasteiger partial charge < -0.3 is 10.6 Å². The second-order valence-electron chi connectivity index (χ2n) is 5.62. The fourth-order valence-corrected chi connectivity index (χ4v) is 3.10. The Balaban J connectivity index is 2.93. The largest absolute Gasteiger partial charge is 0.348 e. The van der Waals surface area contributed by atoms with Gasteiger partial charge in [0, 0.05) is 24.5 Å². The van der Waals surface area contributed by atoms with Crippen LogP contribution in [0.5, 0.6) is 0 Å². The van der Waals surface area contributed by atoms with E-state index >= 15 is 0 Å². The maximum absolute atomic E-state index is 5.79. The molecule has 1 heterocycles. The fraction of sp³-hybridized carbons (Fsp3) is 0.786. The van der Waals surface area contributed by atoms with E-state index in [0.717, 1.165) is 24.6 Å². The van der Waals surface area contributed by atoms with Crippen LogP contribution >= 0.6 is 11.3 Å². The van der Waals surface area contributed by atoms with E-state index in [0.29, 0.717) is 18.4 Å². The van der Waals surface area contributed by atoms with Crippen LogP contribution in [0.15, 0.2) is 0 Å². The Morgan fingerprint density at radius 3 is 2.06 bits per heavy atom. The molecule has 0 aliphatic carbocycles. The Morgan fingerprint density at radius 1 is 1.17 bits per heavy atom. The monoisotopic (exact) mass is 269 g/mol. The molecule has 0 radical (unpaired) electrons. The molecule has 4 heteroatoms. The average Bonchev–Trinajstić information content (AvgIpc) is 2.69. The predicted octanol–water partition coefficient (Wildman–Crippen LogP) is 3.28. The van der Waals surface area contributed by atoms with Crippen LogP contribution in [-0.2, 0) is 13.0 Å². The number of hydrogen-bond donors (Lipinski definition) is 1. The van der Waals surface area contributed by atoms with Gasteiger partial charge in [0.2, 0.25) is 0 Å². The lowest BCUT2D eigenvalue weighted by molar-refractivity contribution is 0.551. The Bertz CT molecular complexity index is 326. The van der Waals surface area contributed by atoms with Crippen LogP contribution in [0, 0.1) is 11.8 Å². The summed E-state index contributed by atoms with van der Waals surface area (Å²) in [6.07, 6.45) is 0.972. The Hall–Kier alpha value is -0.610. The van der Waals surface area contributed by atoms with E-state index in [-0.39, 0.29) is 0 Å². The van der Waals surface area contributed by atoms with Gasteiger partial charge in [-0.2, -0.15) is 0 Å². The molecule has 0 bridgehead atoms. The van der Waals surface area contributed by atoms with Gasteiger partial charge in [0.25, 0.3) is 0 Å². The molecule has 1 rings (SSSR count). The first-order valence-corrected chi connectivity index (χ1v) is 7.73. The first kappa shape index (κ1) is 15.4. The molecule has 3 nitrogen and oxygen atoms in total. The number of aryl methyl sites for hydroxylation is 1. The van der Waals surface area contributed by atoms with Crippen molar-refractivity contribution >= 4 is 16.5 Å². The third kappa shape index (κ3) is 4.25. The van der Waals surface area contributed by atoms with Crippen molar-refractivity contribution in [1.82, 2.24) is 4.98 Å². The molecule has 0 fully saturated rings. The number of aromatic nitrogens is 1. The second-order valence-corrected chi connectivity index (χ2v) is 6.68. The first-order chi connectivity index (χ1) is 8.47. The van der Waals surface area contributed by atoms with Gasteiger partial charge in [-0.3, -0.25) is 0 Å². The summed E-state index contributed by atoms with van der Waals surface area (Å²) in [6, 6.07) is 0. The van der Waals surface area contributed by atoms with E-state index in [1.54, 1.807) is 11.3 Å². The second kappa shape index (κ2) is 7.10. The zero-order valence-electron chi connectivity index (χ0n) is 12.4. The van der Waals surface area contributed by atoms with Crippen LogP contribution in [-0.4, -0.2) is 18.1 Å². The van der Waals surface area contributed by atoms with Crippen molar-refractivity contribution in [2.45, 2.75) is 47.6 Å². The highest BCUT2D eigenvalue weighted by molar-refractivity contribution is 7.15. The van der Waals surface area contributed by atoms with Gasteiger partial charge in [0.15, 0.2) is 5.13 Å². The molecule has 2 N–H and O–H groups in total. The molecular weight excluding hydrogens is 242 g/mol. The number of thiazole rings is 1. The van der Waals surface area contributed by atoms with Gasteiger partial charge in [0.1, 0.15) is 0 Å². The van der Waals surface area contributed by atoms with E-state index in [1.165, 1.54) is 10.6 Å². The Kier molecular flexibility index (Phi) is 6.09. The summed E-state index contributed by atoms with van der Waals surface area (Å²) >= 11 is 1.77. The summed E-state index contributed by atoms with van der Waals surface area (Å²) in [5.74, 6) is 1.30. The van der Waals surface area contributed by atoms with Crippen LogP contribution in [0.2, 0.25) is 0 Å². The molecule has 0 aliphatic rings. The number of rotatable bonds is 7. The zero-order valence-corrected chi connectivity index (χ0v) is 13.2. The minimum Gasteiger partial charge on any atom is -0.348 e. The van der Waals surface area contributed by atoms with E-state index in [4.69, 9.17) is 10.7 Å². The molecule has 1 aromatic heterocycles. The molecule has 0 saturated heterocycles. The van der Waals surface area contributed by atoms with Crippen molar-refractivity contribution in [3.05, 3.63) is 10.6 Å². The first-order valence-electron chi connectivity index (χ1n) is 6.91. The molecule has 18 heavy (non-hydrogen) atoms. The third-order valence-corrected chi connectivity index (χ3v) is 3.91. The fourth-order valence-electron chi connectivity index (χ4n) is 2.05. The number of anilines is 1. The van der Waals surface area contributed by atoms with E-state index in [9.17, 15) is 0 Å². The van der Waals surface area contributed by atoms with Gasteiger partial charge in [-0.25, -0.2) is 4.98 Å². The van der Waals surface area contributed by atoms with Crippen molar-refractivity contribution in [3.63, 3.8) is 0 Å². The zero-order chi connectivity index (χ0) is 13.7. The summed E-state index contributed by atoms with van der Waals surface area (Å²) in [5, 5.41) is 1.15. The van der Waals surface area contributed by atoms with Crippen LogP contribution in [0.25, 0.3) is 0 Å². The molecule has 0 spiro atoms. The van der Waals surface area contributed by atoms with Crippen LogP contribution in [0.4, 0.5) is 5.13 Å². The molecule has 1 aromatic rings. The highest BCUT2D eigenvalue weighted by Gasteiger charge is 2.16. The molecule has 0 atom stereocenters. The van der Waals surface area contributed by atoms with Crippen molar-refractivity contribution in [1.29, 1.82) is 0 Å². The van der Waals surface area contributed by atoms with Crippen molar-refractivity contribution in [2.24, 2.45) is 17.6 Å². The summed E-state index contributed by atoms with van der Waals surface area (Å²) in [4.78, 5) is 8.43. The maximum Gasteiger partial charge on any atom is 0.185 e. The van der Waals surface area contributed by atoms with Crippen molar-refractivity contribution < 1.29 is 0 Å². The molecule has 0 amide bonds. The Morgan fingerprint density at radius 2 is 1.72 bits per heavy atom. The van der Waals surface area contributed by atoms with E-state index < -0.39 is 0 Å². The van der Waals surface area contributed by atoms with E-state index in [1.807, 2.05) is 0 Å². The third-order valence-electron chi connectivity index (χ3n) is 2.73. The lowest BCUT2D eigenvalue weighted by Gasteiger charge is -2.25. The SMILES string of the molecule is CCc1nc(N(CC(C)C)CC(C)C)sc1CN. The van der Waals surface area contributed by atoms with Gasteiger partial charge in [-0.1, -0.05) is 34.6 Å². The number of hydrogen-bond acceptors (Lipinski definition) is 4. The highest BCUT2D eigenvalue weighted by atomic mass is 32.1. The van der Waals surface area contributed by atoms with Gasteiger partial charge in [0.05, 0.1) is 5.69 Å². The summed E-state index contributed by atoms with van der Waals surface area (Å²) in [5.41, 5.74) is 6.97. The number of nitrogens with two attached hydrogens (primary N) is 1. The number of nitrogens with zero attached hydrogens (tertiary/aromatic N) is 2. The molecule has 0 unspecified atom stereocenters. The minimum atomic E-state index is 0.609. The molecule has 0 saturated carbocycles. The average molecular weight is 269 g/mol. The predicted molar refractivity (Wildman–Crippen MR) is 81.3 cm³/mol. The summed E-state index contributed by atoms with van der Waals surface area (Å²) in [7, 11) is 0.